The quantitative estimate of drug-likeness (QED) is 0.475. The van der Waals surface area contributed by atoms with Crippen molar-refractivity contribution in [2.24, 2.45) is 0 Å². The zero-order chi connectivity index (χ0) is 22.6. The van der Waals surface area contributed by atoms with Gasteiger partial charge in [-0.25, -0.2) is 4.68 Å². The van der Waals surface area contributed by atoms with Crippen LogP contribution in [0.25, 0.3) is 22.6 Å². The van der Waals surface area contributed by atoms with Gasteiger partial charge in [-0.2, -0.15) is 10.2 Å². The van der Waals surface area contributed by atoms with E-state index in [1.165, 1.54) is 4.57 Å². The number of rotatable bonds is 4. The number of nitrogens with two attached hydrogens (primary N) is 1. The van der Waals surface area contributed by atoms with Crippen molar-refractivity contribution in [3.05, 3.63) is 76.0 Å². The first-order chi connectivity index (χ1) is 15.4. The molecule has 1 aliphatic heterocycles. The number of benzene rings is 1. The first kappa shape index (κ1) is 19.5. The number of hydrogen-bond acceptors (Lipinski definition) is 6. The SMILES string of the molecule is CCn1ncc(-c2ccn(-c3ccc(-n4c(N)c5c(cc4=O)C(=O)NC5=O)cc3)n2)c1C. The first-order valence-electron chi connectivity index (χ1n) is 9.99. The van der Waals surface area contributed by atoms with Crippen LogP contribution < -0.4 is 16.6 Å². The van der Waals surface area contributed by atoms with Gasteiger partial charge in [0.05, 0.1) is 34.4 Å². The van der Waals surface area contributed by atoms with Gasteiger partial charge in [0.15, 0.2) is 0 Å². The van der Waals surface area contributed by atoms with Crippen molar-refractivity contribution in [2.75, 3.05) is 5.73 Å². The number of carbonyl (C=O) groups is 2. The molecule has 32 heavy (non-hydrogen) atoms. The molecule has 1 aromatic carbocycles. The van der Waals surface area contributed by atoms with Gasteiger partial charge in [-0.15, -0.1) is 0 Å². The second kappa shape index (κ2) is 7.05. The fourth-order valence-corrected chi connectivity index (χ4v) is 3.93. The lowest BCUT2D eigenvalue weighted by Crippen LogP contribution is -2.24. The van der Waals surface area contributed by atoms with E-state index < -0.39 is 17.4 Å². The summed E-state index contributed by atoms with van der Waals surface area (Å²) in [5.74, 6) is -1.31. The van der Waals surface area contributed by atoms with Crippen molar-refractivity contribution in [1.82, 2.24) is 29.4 Å². The van der Waals surface area contributed by atoms with Crippen LogP contribution in [-0.2, 0) is 6.54 Å². The molecule has 0 unspecified atom stereocenters. The average Bonchev–Trinajstić information content (AvgIpc) is 3.46. The standard InChI is InChI=1S/C22H19N7O3/c1-3-27-12(2)16(11-24-27)17-8-9-28(26-17)13-4-6-14(7-5-13)29-18(30)10-15-19(20(29)23)22(32)25-21(15)31/h4-11H,3,23H2,1-2H3,(H,25,31,32). The van der Waals surface area contributed by atoms with Gasteiger partial charge in [-0.1, -0.05) is 0 Å². The summed E-state index contributed by atoms with van der Waals surface area (Å²) >= 11 is 0. The van der Waals surface area contributed by atoms with E-state index in [9.17, 15) is 14.4 Å². The number of amides is 2. The molecule has 0 saturated carbocycles. The van der Waals surface area contributed by atoms with Crippen molar-refractivity contribution in [2.45, 2.75) is 20.4 Å². The molecular weight excluding hydrogens is 410 g/mol. The van der Waals surface area contributed by atoms with E-state index >= 15 is 0 Å². The fraction of sp³-hybridized carbons (Fsp3) is 0.136. The monoisotopic (exact) mass is 429 g/mol. The van der Waals surface area contributed by atoms with Crippen LogP contribution in [0.4, 0.5) is 5.82 Å². The summed E-state index contributed by atoms with van der Waals surface area (Å²) in [7, 11) is 0. The molecule has 10 heteroatoms. The van der Waals surface area contributed by atoms with Gasteiger partial charge in [0, 0.05) is 30.1 Å². The lowest BCUT2D eigenvalue weighted by Gasteiger charge is -2.12. The third-order valence-electron chi connectivity index (χ3n) is 5.59. The number of nitrogens with zero attached hydrogens (tertiary/aromatic N) is 5. The van der Waals surface area contributed by atoms with E-state index in [4.69, 9.17) is 5.73 Å². The third kappa shape index (κ3) is 2.84. The molecule has 0 spiro atoms. The largest absolute Gasteiger partial charge is 0.384 e. The minimum Gasteiger partial charge on any atom is -0.384 e. The smallest absolute Gasteiger partial charge is 0.262 e. The van der Waals surface area contributed by atoms with Gasteiger partial charge in [-0.05, 0) is 44.2 Å². The van der Waals surface area contributed by atoms with Crippen LogP contribution in [0.2, 0.25) is 0 Å². The molecule has 0 radical (unpaired) electrons. The highest BCUT2D eigenvalue weighted by Crippen LogP contribution is 2.25. The Balaban J connectivity index is 1.50. The Hall–Kier alpha value is -4.47. The van der Waals surface area contributed by atoms with Crippen LogP contribution >= 0.6 is 0 Å². The maximum Gasteiger partial charge on any atom is 0.262 e. The van der Waals surface area contributed by atoms with E-state index in [1.807, 2.05) is 30.8 Å². The summed E-state index contributed by atoms with van der Waals surface area (Å²) in [6.07, 6.45) is 3.65. The Morgan fingerprint density at radius 3 is 2.41 bits per heavy atom. The molecule has 0 bridgehead atoms. The number of imide groups is 1. The average molecular weight is 429 g/mol. The van der Waals surface area contributed by atoms with Crippen LogP contribution in [-0.4, -0.2) is 35.9 Å². The molecule has 3 aromatic heterocycles. The van der Waals surface area contributed by atoms with Gasteiger partial charge >= 0.3 is 0 Å². The minimum atomic E-state index is -0.620. The molecule has 0 atom stereocenters. The van der Waals surface area contributed by atoms with Gasteiger partial charge in [-0.3, -0.25) is 28.9 Å². The third-order valence-corrected chi connectivity index (χ3v) is 5.59. The summed E-state index contributed by atoms with van der Waals surface area (Å²) in [5, 5.41) is 11.2. The highest BCUT2D eigenvalue weighted by molar-refractivity contribution is 6.23. The number of hydrogen-bond donors (Lipinski definition) is 2. The molecular formula is C22H19N7O3. The summed E-state index contributed by atoms with van der Waals surface area (Å²) in [5.41, 5.74) is 9.67. The summed E-state index contributed by atoms with van der Waals surface area (Å²) < 4.78 is 4.84. The number of pyridine rings is 1. The second-order valence-corrected chi connectivity index (χ2v) is 7.40. The maximum absolute atomic E-state index is 12.6. The normalized spacial score (nSPS) is 12.8. The van der Waals surface area contributed by atoms with Crippen LogP contribution in [0, 0.1) is 6.92 Å². The highest BCUT2D eigenvalue weighted by atomic mass is 16.2. The van der Waals surface area contributed by atoms with E-state index in [-0.39, 0.29) is 16.9 Å². The number of aromatic nitrogens is 5. The van der Waals surface area contributed by atoms with Crippen molar-refractivity contribution >= 4 is 17.6 Å². The van der Waals surface area contributed by atoms with E-state index in [1.54, 1.807) is 35.1 Å². The molecule has 10 nitrogen and oxygen atoms in total. The second-order valence-electron chi connectivity index (χ2n) is 7.40. The van der Waals surface area contributed by atoms with Crippen LogP contribution in [0.15, 0.2) is 53.6 Å². The van der Waals surface area contributed by atoms with Crippen molar-refractivity contribution in [3.8, 4) is 22.6 Å². The number of nitrogen functional groups attached to an aromatic ring is 1. The Morgan fingerprint density at radius 2 is 1.72 bits per heavy atom. The molecule has 4 heterocycles. The maximum atomic E-state index is 12.6. The van der Waals surface area contributed by atoms with Gasteiger partial charge in [0.1, 0.15) is 5.82 Å². The number of fused-ring (bicyclic) bond motifs is 1. The van der Waals surface area contributed by atoms with Crippen LogP contribution in [0.1, 0.15) is 33.3 Å². The topological polar surface area (TPSA) is 130 Å². The zero-order valence-corrected chi connectivity index (χ0v) is 17.4. The number of carbonyl (C=O) groups excluding carboxylic acids is 2. The molecule has 160 valence electrons. The van der Waals surface area contributed by atoms with Gasteiger partial charge in [0.2, 0.25) is 0 Å². The summed E-state index contributed by atoms with van der Waals surface area (Å²) in [6, 6.07) is 10.0. The van der Waals surface area contributed by atoms with E-state index in [0.717, 1.165) is 35.2 Å². The fourth-order valence-electron chi connectivity index (χ4n) is 3.93. The predicted molar refractivity (Wildman–Crippen MR) is 117 cm³/mol. The lowest BCUT2D eigenvalue weighted by molar-refractivity contribution is 0.0880. The Kier molecular flexibility index (Phi) is 4.29. The Labute approximate surface area is 181 Å². The first-order valence-corrected chi connectivity index (χ1v) is 9.99. The van der Waals surface area contributed by atoms with Crippen LogP contribution in [0.5, 0.6) is 0 Å². The molecule has 4 aromatic rings. The lowest BCUT2D eigenvalue weighted by atomic mass is 10.1. The molecule has 3 N–H and O–H groups in total. The summed E-state index contributed by atoms with van der Waals surface area (Å²) in [4.78, 5) is 36.5. The number of aryl methyl sites for hydroxylation is 1. The highest BCUT2D eigenvalue weighted by Gasteiger charge is 2.31. The molecule has 0 aliphatic carbocycles. The molecule has 2 amide bonds. The van der Waals surface area contributed by atoms with Crippen LogP contribution in [0.3, 0.4) is 0 Å². The summed E-state index contributed by atoms with van der Waals surface area (Å²) in [6.45, 7) is 4.83. The predicted octanol–water partition coefficient (Wildman–Crippen LogP) is 1.68. The number of nitrogens with one attached hydrogen (secondary N) is 1. The molecule has 1 aliphatic rings. The molecule has 5 rings (SSSR count). The Morgan fingerprint density at radius 1 is 1.00 bits per heavy atom. The minimum absolute atomic E-state index is 0.00358. The van der Waals surface area contributed by atoms with E-state index in [2.05, 4.69) is 15.5 Å². The van der Waals surface area contributed by atoms with Gasteiger partial charge < -0.3 is 5.73 Å². The van der Waals surface area contributed by atoms with Crippen molar-refractivity contribution < 1.29 is 9.59 Å². The molecule has 0 saturated heterocycles. The molecule has 0 fully saturated rings. The number of anilines is 1. The van der Waals surface area contributed by atoms with Crippen molar-refractivity contribution in [1.29, 1.82) is 0 Å². The Bertz CT molecular complexity index is 1460. The van der Waals surface area contributed by atoms with E-state index in [0.29, 0.717) is 5.69 Å². The van der Waals surface area contributed by atoms with Crippen molar-refractivity contribution in [3.63, 3.8) is 0 Å². The zero-order valence-electron chi connectivity index (χ0n) is 17.4. The van der Waals surface area contributed by atoms with Gasteiger partial charge in [0.25, 0.3) is 17.4 Å².